The van der Waals surface area contributed by atoms with Gasteiger partial charge in [-0.1, -0.05) is 46.3 Å². The van der Waals surface area contributed by atoms with Gasteiger partial charge in [0.05, 0.1) is 10.9 Å². The zero-order valence-electron chi connectivity index (χ0n) is 9.88. The van der Waals surface area contributed by atoms with Crippen LogP contribution in [0.3, 0.4) is 0 Å². The van der Waals surface area contributed by atoms with Crippen molar-refractivity contribution in [3.63, 3.8) is 0 Å². The van der Waals surface area contributed by atoms with E-state index in [1.54, 1.807) is 12.1 Å². The van der Waals surface area contributed by atoms with E-state index in [2.05, 4.69) is 20.9 Å². The smallest absolute Gasteiger partial charge is 0.280 e. The van der Waals surface area contributed by atoms with Crippen LogP contribution in [0.25, 0.3) is 22.3 Å². The van der Waals surface area contributed by atoms with Crippen LogP contribution in [0.15, 0.2) is 57.8 Å². The van der Waals surface area contributed by atoms with Crippen LogP contribution in [0.2, 0.25) is 0 Å². The minimum atomic E-state index is -0.253. The predicted molar refractivity (Wildman–Crippen MR) is 79.3 cm³/mol. The highest BCUT2D eigenvalue weighted by atomic mass is 79.9. The topological polar surface area (TPSA) is 60.9 Å². The molecule has 0 aliphatic rings. The molecule has 0 spiro atoms. The largest absolute Gasteiger partial charge is 0.334 e. The van der Waals surface area contributed by atoms with Crippen molar-refractivity contribution in [1.29, 1.82) is 0 Å². The SMILES string of the molecule is Nn1c(-c2ccccc2)nc2cc(Br)ccc2c1=O. The lowest BCUT2D eigenvalue weighted by molar-refractivity contribution is 0.927. The first kappa shape index (κ1) is 11.9. The highest BCUT2D eigenvalue weighted by Crippen LogP contribution is 2.19. The van der Waals surface area contributed by atoms with Crippen molar-refractivity contribution >= 4 is 26.8 Å². The lowest BCUT2D eigenvalue weighted by atomic mass is 10.2. The van der Waals surface area contributed by atoms with Crippen LogP contribution in [-0.2, 0) is 0 Å². The normalized spacial score (nSPS) is 10.8. The molecule has 1 aromatic heterocycles. The summed E-state index contributed by atoms with van der Waals surface area (Å²) < 4.78 is 1.96. The van der Waals surface area contributed by atoms with E-state index >= 15 is 0 Å². The summed E-state index contributed by atoms with van der Waals surface area (Å²) in [6.07, 6.45) is 0. The monoisotopic (exact) mass is 315 g/mol. The number of nitrogens with two attached hydrogens (primary N) is 1. The Balaban J connectivity index is 2.38. The highest BCUT2D eigenvalue weighted by molar-refractivity contribution is 9.10. The van der Waals surface area contributed by atoms with Crippen molar-refractivity contribution in [3.05, 3.63) is 63.4 Å². The first-order chi connectivity index (χ1) is 9.16. The zero-order valence-corrected chi connectivity index (χ0v) is 11.5. The minimum absolute atomic E-state index is 0.253. The number of hydrogen-bond donors (Lipinski definition) is 1. The maximum atomic E-state index is 12.2. The number of benzene rings is 2. The number of fused-ring (bicyclic) bond motifs is 1. The molecule has 0 amide bonds. The molecular formula is C14H10BrN3O. The molecule has 2 N–H and O–H groups in total. The summed E-state index contributed by atoms with van der Waals surface area (Å²) in [5, 5.41) is 0.505. The molecule has 94 valence electrons. The highest BCUT2D eigenvalue weighted by Gasteiger charge is 2.10. The average Bonchev–Trinajstić information content (AvgIpc) is 2.43. The quantitative estimate of drug-likeness (QED) is 0.702. The van der Waals surface area contributed by atoms with E-state index < -0.39 is 0 Å². The number of rotatable bonds is 1. The Morgan fingerprint density at radius 3 is 2.58 bits per heavy atom. The van der Waals surface area contributed by atoms with Gasteiger partial charge in [0.1, 0.15) is 0 Å². The van der Waals surface area contributed by atoms with Gasteiger partial charge in [-0.05, 0) is 18.2 Å². The van der Waals surface area contributed by atoms with Crippen molar-refractivity contribution < 1.29 is 0 Å². The maximum absolute atomic E-state index is 12.2. The lowest BCUT2D eigenvalue weighted by Gasteiger charge is -2.08. The van der Waals surface area contributed by atoms with Crippen LogP contribution in [0.1, 0.15) is 0 Å². The summed E-state index contributed by atoms with van der Waals surface area (Å²) in [6.45, 7) is 0. The molecule has 0 aliphatic heterocycles. The lowest BCUT2D eigenvalue weighted by Crippen LogP contribution is -2.29. The zero-order chi connectivity index (χ0) is 13.4. The second kappa shape index (κ2) is 4.51. The Bertz CT molecular complexity index is 812. The maximum Gasteiger partial charge on any atom is 0.280 e. The van der Waals surface area contributed by atoms with Gasteiger partial charge in [0.15, 0.2) is 5.82 Å². The van der Waals surface area contributed by atoms with Gasteiger partial charge in [-0.2, -0.15) is 0 Å². The fraction of sp³-hybridized carbons (Fsp3) is 0. The Morgan fingerprint density at radius 2 is 1.84 bits per heavy atom. The summed E-state index contributed by atoms with van der Waals surface area (Å²) in [7, 11) is 0. The second-order valence-electron chi connectivity index (χ2n) is 4.14. The molecule has 4 nitrogen and oxygen atoms in total. The third kappa shape index (κ3) is 2.02. The van der Waals surface area contributed by atoms with Gasteiger partial charge in [-0.15, -0.1) is 0 Å². The van der Waals surface area contributed by atoms with E-state index in [0.29, 0.717) is 16.7 Å². The standard InChI is InChI=1S/C14H10BrN3O/c15-10-6-7-11-12(8-10)17-13(18(16)14(11)19)9-4-2-1-3-5-9/h1-8H,16H2. The summed E-state index contributed by atoms with van der Waals surface area (Å²) in [5.41, 5.74) is 1.18. The molecular weight excluding hydrogens is 306 g/mol. The summed E-state index contributed by atoms with van der Waals surface area (Å²) >= 11 is 3.38. The number of aromatic nitrogens is 2. The van der Waals surface area contributed by atoms with E-state index in [1.807, 2.05) is 36.4 Å². The first-order valence-corrected chi connectivity index (χ1v) is 6.49. The third-order valence-corrected chi connectivity index (χ3v) is 3.39. The van der Waals surface area contributed by atoms with Gasteiger partial charge in [0.2, 0.25) is 0 Å². The Morgan fingerprint density at radius 1 is 1.11 bits per heavy atom. The number of halogens is 1. The number of nitrogen functional groups attached to an aromatic ring is 1. The fourth-order valence-electron chi connectivity index (χ4n) is 1.96. The number of hydrogen-bond acceptors (Lipinski definition) is 3. The molecule has 19 heavy (non-hydrogen) atoms. The van der Waals surface area contributed by atoms with Crippen molar-refractivity contribution in [2.75, 3.05) is 5.84 Å². The van der Waals surface area contributed by atoms with Crippen LogP contribution in [0.5, 0.6) is 0 Å². The molecule has 5 heteroatoms. The van der Waals surface area contributed by atoms with Gasteiger partial charge in [-0.3, -0.25) is 4.79 Å². The van der Waals surface area contributed by atoms with Crippen molar-refractivity contribution in [2.24, 2.45) is 0 Å². The van der Waals surface area contributed by atoms with Crippen LogP contribution < -0.4 is 11.4 Å². The Hall–Kier alpha value is -2.14. The van der Waals surface area contributed by atoms with E-state index in [0.717, 1.165) is 14.7 Å². The van der Waals surface area contributed by atoms with Crippen LogP contribution in [0.4, 0.5) is 0 Å². The Labute approximate surface area is 117 Å². The predicted octanol–water partition coefficient (Wildman–Crippen LogP) is 2.54. The molecule has 0 fully saturated rings. The van der Waals surface area contributed by atoms with E-state index in [-0.39, 0.29) is 5.56 Å². The Kier molecular flexibility index (Phi) is 2.83. The summed E-state index contributed by atoms with van der Waals surface area (Å²) in [6, 6.07) is 14.7. The van der Waals surface area contributed by atoms with Crippen LogP contribution in [0, 0.1) is 0 Å². The third-order valence-electron chi connectivity index (χ3n) is 2.90. The van der Waals surface area contributed by atoms with Crippen molar-refractivity contribution in [1.82, 2.24) is 9.66 Å². The van der Waals surface area contributed by atoms with Gasteiger partial charge < -0.3 is 5.84 Å². The van der Waals surface area contributed by atoms with Gasteiger partial charge >= 0.3 is 0 Å². The molecule has 0 saturated heterocycles. The van der Waals surface area contributed by atoms with E-state index in [9.17, 15) is 4.79 Å². The van der Waals surface area contributed by atoms with Gasteiger partial charge in [0, 0.05) is 10.0 Å². The van der Waals surface area contributed by atoms with Gasteiger partial charge in [-0.25, -0.2) is 9.66 Å². The molecule has 0 unspecified atom stereocenters. The summed E-state index contributed by atoms with van der Waals surface area (Å²) in [5.74, 6) is 6.30. The molecule has 0 bridgehead atoms. The molecule has 1 heterocycles. The number of nitrogens with zero attached hydrogens (tertiary/aromatic N) is 2. The summed E-state index contributed by atoms with van der Waals surface area (Å²) in [4.78, 5) is 16.7. The molecule has 0 atom stereocenters. The van der Waals surface area contributed by atoms with E-state index in [4.69, 9.17) is 5.84 Å². The van der Waals surface area contributed by atoms with Crippen molar-refractivity contribution in [2.45, 2.75) is 0 Å². The molecule has 0 radical (unpaired) electrons. The average molecular weight is 316 g/mol. The minimum Gasteiger partial charge on any atom is -0.334 e. The first-order valence-electron chi connectivity index (χ1n) is 5.69. The molecule has 3 aromatic rings. The molecule has 0 aliphatic carbocycles. The van der Waals surface area contributed by atoms with Crippen LogP contribution >= 0.6 is 15.9 Å². The molecule has 2 aromatic carbocycles. The van der Waals surface area contributed by atoms with Crippen molar-refractivity contribution in [3.8, 4) is 11.4 Å². The van der Waals surface area contributed by atoms with Crippen LogP contribution in [-0.4, -0.2) is 9.66 Å². The van der Waals surface area contributed by atoms with E-state index in [1.165, 1.54) is 0 Å². The fourth-order valence-corrected chi connectivity index (χ4v) is 2.31. The molecule has 3 rings (SSSR count). The van der Waals surface area contributed by atoms with Gasteiger partial charge in [0.25, 0.3) is 5.56 Å². The molecule has 0 saturated carbocycles. The second-order valence-corrected chi connectivity index (χ2v) is 5.05.